The van der Waals surface area contributed by atoms with Crippen molar-refractivity contribution in [3.05, 3.63) is 34.3 Å². The molecular formula is C19H26N4O3. The molecule has 0 aliphatic heterocycles. The Kier molecular flexibility index (Phi) is 5.15. The largest absolute Gasteiger partial charge is 0.460 e. The number of nitrogen functional groups attached to an aromatic ring is 1. The van der Waals surface area contributed by atoms with Crippen molar-refractivity contribution in [2.45, 2.75) is 58.0 Å². The molecule has 0 bridgehead atoms. The van der Waals surface area contributed by atoms with Crippen molar-refractivity contribution in [1.82, 2.24) is 14.7 Å². The van der Waals surface area contributed by atoms with Gasteiger partial charge in [0.05, 0.1) is 0 Å². The Morgan fingerprint density at radius 3 is 2.65 bits per heavy atom. The van der Waals surface area contributed by atoms with E-state index in [0.717, 1.165) is 31.4 Å². The van der Waals surface area contributed by atoms with E-state index in [-0.39, 0.29) is 17.6 Å². The van der Waals surface area contributed by atoms with Crippen LogP contribution >= 0.6 is 0 Å². The number of hydrogen-bond donors (Lipinski definition) is 1. The third-order valence-electron chi connectivity index (χ3n) is 5.15. The summed E-state index contributed by atoms with van der Waals surface area (Å²) in [5, 5.41) is 4.35. The highest BCUT2D eigenvalue weighted by molar-refractivity contribution is 5.80. The van der Waals surface area contributed by atoms with Gasteiger partial charge in [0.25, 0.3) is 5.56 Å². The molecule has 1 saturated carbocycles. The van der Waals surface area contributed by atoms with Gasteiger partial charge in [-0.05, 0) is 44.9 Å². The highest BCUT2D eigenvalue weighted by Gasteiger charge is 2.28. The Bertz CT molecular complexity index is 849. The summed E-state index contributed by atoms with van der Waals surface area (Å²) in [7, 11) is 1.81. The number of furan rings is 1. The lowest BCUT2D eigenvalue weighted by Gasteiger charge is -2.33. The zero-order chi connectivity index (χ0) is 18.8. The molecule has 7 heteroatoms. The van der Waals surface area contributed by atoms with E-state index in [4.69, 9.17) is 10.2 Å². The van der Waals surface area contributed by atoms with Crippen LogP contribution in [0.5, 0.6) is 0 Å². The van der Waals surface area contributed by atoms with Crippen molar-refractivity contribution in [2.75, 3.05) is 12.8 Å². The minimum Gasteiger partial charge on any atom is -0.460 e. The van der Waals surface area contributed by atoms with Gasteiger partial charge < -0.3 is 15.1 Å². The zero-order valence-corrected chi connectivity index (χ0v) is 15.6. The second-order valence-corrected chi connectivity index (χ2v) is 7.06. The van der Waals surface area contributed by atoms with E-state index in [2.05, 4.69) is 5.10 Å². The fraction of sp³-hybridized carbons (Fsp3) is 0.526. The van der Waals surface area contributed by atoms with Gasteiger partial charge in [-0.1, -0.05) is 19.3 Å². The summed E-state index contributed by atoms with van der Waals surface area (Å²) in [5.74, 6) is 1.13. The topological polar surface area (TPSA) is 94.4 Å². The number of aromatic nitrogens is 2. The van der Waals surface area contributed by atoms with Gasteiger partial charge in [0, 0.05) is 13.1 Å². The molecule has 1 aliphatic rings. The van der Waals surface area contributed by atoms with Crippen molar-refractivity contribution in [2.24, 2.45) is 0 Å². The predicted molar refractivity (Wildman–Crippen MR) is 99.7 cm³/mol. The van der Waals surface area contributed by atoms with Crippen molar-refractivity contribution in [1.29, 1.82) is 0 Å². The molecule has 1 amide bonds. The van der Waals surface area contributed by atoms with E-state index in [1.54, 1.807) is 17.9 Å². The summed E-state index contributed by atoms with van der Waals surface area (Å²) in [5.41, 5.74) is 5.90. The Hall–Kier alpha value is -2.57. The summed E-state index contributed by atoms with van der Waals surface area (Å²) in [6.07, 6.45) is 5.50. The lowest BCUT2D eigenvalue weighted by Crippen LogP contribution is -2.44. The van der Waals surface area contributed by atoms with Gasteiger partial charge in [0.15, 0.2) is 5.76 Å². The van der Waals surface area contributed by atoms with Gasteiger partial charge in [-0.15, -0.1) is 0 Å². The van der Waals surface area contributed by atoms with Crippen LogP contribution in [0, 0.1) is 6.92 Å². The Morgan fingerprint density at radius 1 is 1.35 bits per heavy atom. The monoisotopic (exact) mass is 358 g/mol. The molecule has 1 unspecified atom stereocenters. The zero-order valence-electron chi connectivity index (χ0n) is 15.6. The molecule has 7 nitrogen and oxygen atoms in total. The van der Waals surface area contributed by atoms with E-state index in [9.17, 15) is 9.59 Å². The highest BCUT2D eigenvalue weighted by Crippen LogP contribution is 2.24. The number of carbonyl (C=O) groups is 1. The molecule has 1 fully saturated rings. The summed E-state index contributed by atoms with van der Waals surface area (Å²) in [4.78, 5) is 27.2. The molecule has 0 saturated heterocycles. The normalized spacial score (nSPS) is 16.4. The summed E-state index contributed by atoms with van der Waals surface area (Å²) in [6, 6.07) is 4.56. The third kappa shape index (κ3) is 3.52. The van der Waals surface area contributed by atoms with Crippen LogP contribution in [-0.2, 0) is 4.79 Å². The average molecular weight is 358 g/mol. The van der Waals surface area contributed by atoms with E-state index in [1.807, 2.05) is 20.0 Å². The van der Waals surface area contributed by atoms with Crippen LogP contribution in [0.1, 0.15) is 50.8 Å². The number of nitrogens with zero attached hydrogens (tertiary/aromatic N) is 3. The average Bonchev–Trinajstić information content (AvgIpc) is 3.09. The summed E-state index contributed by atoms with van der Waals surface area (Å²) >= 11 is 0. The molecule has 0 aromatic carbocycles. The van der Waals surface area contributed by atoms with Crippen LogP contribution in [-0.4, -0.2) is 33.7 Å². The first-order valence-corrected chi connectivity index (χ1v) is 9.11. The van der Waals surface area contributed by atoms with Crippen LogP contribution in [0.3, 0.4) is 0 Å². The maximum absolute atomic E-state index is 12.9. The first kappa shape index (κ1) is 18.2. The van der Waals surface area contributed by atoms with Crippen LogP contribution in [0.25, 0.3) is 11.5 Å². The molecule has 2 aromatic rings. The fourth-order valence-corrected chi connectivity index (χ4v) is 3.53. The highest BCUT2D eigenvalue weighted by atomic mass is 16.3. The number of carbonyl (C=O) groups excluding carboxylic acids is 1. The Morgan fingerprint density at radius 2 is 2.04 bits per heavy atom. The van der Waals surface area contributed by atoms with Crippen molar-refractivity contribution in [3.63, 3.8) is 0 Å². The molecule has 0 spiro atoms. The first-order chi connectivity index (χ1) is 12.4. The molecule has 1 atom stereocenters. The number of nitrogens with two attached hydrogens (primary N) is 1. The minimum absolute atomic E-state index is 0.0454. The Labute approximate surface area is 152 Å². The quantitative estimate of drug-likeness (QED) is 0.907. The molecule has 2 heterocycles. The van der Waals surface area contributed by atoms with Gasteiger partial charge in [-0.2, -0.15) is 5.10 Å². The number of hydrogen-bond acceptors (Lipinski definition) is 5. The van der Waals surface area contributed by atoms with Gasteiger partial charge in [0.2, 0.25) is 5.91 Å². The van der Waals surface area contributed by atoms with Crippen molar-refractivity contribution >= 4 is 11.6 Å². The molecule has 1 aliphatic carbocycles. The van der Waals surface area contributed by atoms with Crippen molar-refractivity contribution < 1.29 is 9.21 Å². The van der Waals surface area contributed by atoms with E-state index in [0.29, 0.717) is 11.5 Å². The van der Waals surface area contributed by atoms with Crippen molar-refractivity contribution in [3.8, 4) is 11.5 Å². The van der Waals surface area contributed by atoms with Crippen LogP contribution in [0.2, 0.25) is 0 Å². The number of amides is 1. The number of rotatable bonds is 4. The second-order valence-electron chi connectivity index (χ2n) is 7.06. The molecule has 2 N–H and O–H groups in total. The lowest BCUT2D eigenvalue weighted by molar-refractivity contribution is -0.136. The van der Waals surface area contributed by atoms with Crippen LogP contribution in [0.15, 0.2) is 27.4 Å². The summed E-state index contributed by atoms with van der Waals surface area (Å²) < 4.78 is 6.74. The number of anilines is 1. The number of aryl methyl sites for hydroxylation is 1. The number of likely N-dealkylation sites (N-methyl/N-ethyl adjacent to an activating group) is 1. The van der Waals surface area contributed by atoms with E-state index >= 15 is 0 Å². The standard InChI is InChI=1S/C19H26N4O3/c1-12-9-10-17(26-12)16-11-15(20)19(25)23(21-16)13(2)18(24)22(3)14-7-5-4-6-8-14/h9-11,13-14H,4-8,20H2,1-3H3. The Balaban J connectivity index is 1.90. The van der Waals surface area contributed by atoms with Gasteiger partial charge in [-0.25, -0.2) is 4.68 Å². The molecular weight excluding hydrogens is 332 g/mol. The second kappa shape index (κ2) is 7.35. The van der Waals surface area contributed by atoms with E-state index < -0.39 is 11.6 Å². The first-order valence-electron chi connectivity index (χ1n) is 9.11. The SMILES string of the molecule is Cc1ccc(-c2cc(N)c(=O)n(C(C)C(=O)N(C)C3CCCCC3)n2)o1. The lowest BCUT2D eigenvalue weighted by atomic mass is 9.94. The van der Waals surface area contributed by atoms with Gasteiger partial charge >= 0.3 is 0 Å². The summed E-state index contributed by atoms with van der Waals surface area (Å²) in [6.45, 7) is 3.51. The maximum Gasteiger partial charge on any atom is 0.290 e. The maximum atomic E-state index is 12.9. The van der Waals surface area contributed by atoms with Crippen LogP contribution < -0.4 is 11.3 Å². The minimum atomic E-state index is -0.729. The third-order valence-corrected chi connectivity index (χ3v) is 5.15. The van der Waals surface area contributed by atoms with Gasteiger partial charge in [0.1, 0.15) is 23.2 Å². The molecule has 0 radical (unpaired) electrons. The fourth-order valence-electron chi connectivity index (χ4n) is 3.53. The molecule has 26 heavy (non-hydrogen) atoms. The molecule has 2 aromatic heterocycles. The molecule has 3 rings (SSSR count). The smallest absolute Gasteiger partial charge is 0.290 e. The van der Waals surface area contributed by atoms with E-state index in [1.165, 1.54) is 17.2 Å². The molecule has 140 valence electrons. The van der Waals surface area contributed by atoms with Crippen LogP contribution in [0.4, 0.5) is 5.69 Å². The van der Waals surface area contributed by atoms with Gasteiger partial charge in [-0.3, -0.25) is 9.59 Å². The predicted octanol–water partition coefficient (Wildman–Crippen LogP) is 2.75.